The van der Waals surface area contributed by atoms with Crippen molar-refractivity contribution in [3.8, 4) is 0 Å². The minimum atomic E-state index is -0.114. The molecule has 1 aliphatic heterocycles. The summed E-state index contributed by atoms with van der Waals surface area (Å²) in [5, 5.41) is 1.33. The van der Waals surface area contributed by atoms with Crippen molar-refractivity contribution in [2.24, 2.45) is 5.92 Å². The van der Waals surface area contributed by atoms with Crippen molar-refractivity contribution >= 4 is 10.9 Å². The van der Waals surface area contributed by atoms with Gasteiger partial charge in [0, 0.05) is 28.4 Å². The molecule has 3 atom stereocenters. The zero-order valence-corrected chi connectivity index (χ0v) is 18.0. The van der Waals surface area contributed by atoms with E-state index in [-0.39, 0.29) is 11.5 Å². The average molecular weight is 403 g/mol. The topological polar surface area (TPSA) is 37.5 Å². The van der Waals surface area contributed by atoms with Crippen LogP contribution >= 0.6 is 0 Å². The third-order valence-electron chi connectivity index (χ3n) is 7.29. The molecule has 2 heterocycles. The second-order valence-corrected chi connectivity index (χ2v) is 8.87. The summed E-state index contributed by atoms with van der Waals surface area (Å²) in [5.74, 6) is 1.66. The highest BCUT2D eigenvalue weighted by Gasteiger charge is 2.50. The number of rotatable bonds is 4. The van der Waals surface area contributed by atoms with Gasteiger partial charge in [-0.25, -0.2) is 0 Å². The maximum atomic E-state index is 5.99. The van der Waals surface area contributed by atoms with Crippen LogP contribution in [-0.2, 0) is 15.0 Å². The van der Waals surface area contributed by atoms with Gasteiger partial charge in [0.1, 0.15) is 12.0 Å². The van der Waals surface area contributed by atoms with Gasteiger partial charge in [-0.2, -0.15) is 0 Å². The van der Waals surface area contributed by atoms with Crippen LogP contribution in [0.2, 0.25) is 0 Å². The molecule has 0 saturated heterocycles. The molecule has 2 aliphatic rings. The molecule has 0 spiro atoms. The number of fused-ring (bicyclic) bond motifs is 1. The predicted octanol–water partition coefficient (Wildman–Crippen LogP) is 5.66. The summed E-state index contributed by atoms with van der Waals surface area (Å²) in [6.07, 6.45) is 5.06. The van der Waals surface area contributed by atoms with Crippen LogP contribution in [-0.4, -0.2) is 30.8 Å². The van der Waals surface area contributed by atoms with Crippen LogP contribution in [0.4, 0.5) is 0 Å². The molecule has 156 valence electrons. The molecule has 0 amide bonds. The fourth-order valence-electron chi connectivity index (χ4n) is 5.79. The van der Waals surface area contributed by atoms with Gasteiger partial charge in [0.05, 0.1) is 5.54 Å². The summed E-state index contributed by atoms with van der Waals surface area (Å²) >= 11 is 0. The van der Waals surface area contributed by atoms with Crippen molar-refractivity contribution in [2.45, 2.75) is 37.6 Å². The number of H-pyrrole nitrogens is 1. The Morgan fingerprint density at radius 1 is 1.03 bits per heavy atom. The quantitative estimate of drug-likeness (QED) is 0.612. The van der Waals surface area contributed by atoms with Gasteiger partial charge in [-0.1, -0.05) is 48.5 Å². The molecular weight excluding hydrogens is 372 g/mol. The van der Waals surface area contributed by atoms with Crippen molar-refractivity contribution in [3.63, 3.8) is 0 Å². The van der Waals surface area contributed by atoms with E-state index in [1.807, 2.05) is 6.26 Å². The first-order chi connectivity index (χ1) is 14.6. The number of aryl methyl sites for hydroxylation is 1. The van der Waals surface area contributed by atoms with E-state index in [2.05, 4.69) is 85.5 Å². The van der Waals surface area contributed by atoms with E-state index in [0.717, 1.165) is 25.0 Å². The Balaban J connectivity index is 1.58. The largest absolute Gasteiger partial charge is 0.462 e. The molecule has 5 rings (SSSR count). The lowest BCUT2D eigenvalue weighted by Crippen LogP contribution is -2.51. The first-order valence-electron chi connectivity index (χ1n) is 10.9. The number of aromatic amines is 1. The lowest BCUT2D eigenvalue weighted by molar-refractivity contribution is 0.000443. The third-order valence-corrected chi connectivity index (χ3v) is 7.29. The summed E-state index contributed by atoms with van der Waals surface area (Å²) in [7, 11) is 4.40. The van der Waals surface area contributed by atoms with Crippen LogP contribution in [0.5, 0.6) is 0 Å². The zero-order chi connectivity index (χ0) is 20.7. The SMILES string of the molecule is Cc1c(C2CCC(c3ccccc3)(N(C)C)C(C3=COCO3)C2)[nH]c2ccccc12. The highest BCUT2D eigenvalue weighted by Crippen LogP contribution is 2.53. The van der Waals surface area contributed by atoms with Crippen molar-refractivity contribution in [3.05, 3.63) is 83.4 Å². The van der Waals surface area contributed by atoms with E-state index >= 15 is 0 Å². The Morgan fingerprint density at radius 2 is 1.80 bits per heavy atom. The Bertz CT molecular complexity index is 1070. The number of para-hydroxylation sites is 1. The molecule has 3 unspecified atom stereocenters. The highest BCUT2D eigenvalue weighted by atomic mass is 16.7. The van der Waals surface area contributed by atoms with E-state index in [1.54, 1.807) is 0 Å². The minimum Gasteiger partial charge on any atom is -0.462 e. The number of hydrogen-bond acceptors (Lipinski definition) is 3. The van der Waals surface area contributed by atoms with Crippen LogP contribution in [0, 0.1) is 12.8 Å². The Hall–Kier alpha value is -2.72. The second kappa shape index (κ2) is 7.51. The van der Waals surface area contributed by atoms with Crippen molar-refractivity contribution in [1.29, 1.82) is 0 Å². The molecule has 0 bridgehead atoms. The van der Waals surface area contributed by atoms with Gasteiger partial charge >= 0.3 is 0 Å². The molecule has 1 N–H and O–H groups in total. The predicted molar refractivity (Wildman–Crippen MR) is 120 cm³/mol. The van der Waals surface area contributed by atoms with E-state index in [0.29, 0.717) is 12.7 Å². The minimum absolute atomic E-state index is 0.114. The van der Waals surface area contributed by atoms with Gasteiger partial charge in [-0.3, -0.25) is 4.90 Å². The van der Waals surface area contributed by atoms with Crippen molar-refractivity contribution in [1.82, 2.24) is 9.88 Å². The second-order valence-electron chi connectivity index (χ2n) is 8.87. The molecule has 1 aliphatic carbocycles. The van der Waals surface area contributed by atoms with Crippen LogP contribution < -0.4 is 0 Å². The number of benzene rings is 2. The highest BCUT2D eigenvalue weighted by molar-refractivity contribution is 5.84. The van der Waals surface area contributed by atoms with E-state index < -0.39 is 0 Å². The van der Waals surface area contributed by atoms with Crippen molar-refractivity contribution < 1.29 is 9.47 Å². The third kappa shape index (κ3) is 2.93. The monoisotopic (exact) mass is 402 g/mol. The number of aromatic nitrogens is 1. The van der Waals surface area contributed by atoms with Gasteiger partial charge in [0.15, 0.2) is 0 Å². The Morgan fingerprint density at radius 3 is 2.50 bits per heavy atom. The molecule has 1 saturated carbocycles. The maximum Gasteiger partial charge on any atom is 0.229 e. The molecule has 2 aromatic carbocycles. The normalized spacial score (nSPS) is 26.5. The molecule has 3 aromatic rings. The summed E-state index contributed by atoms with van der Waals surface area (Å²) in [6, 6.07) is 19.5. The summed E-state index contributed by atoms with van der Waals surface area (Å²) in [6.45, 7) is 2.57. The van der Waals surface area contributed by atoms with E-state index in [9.17, 15) is 0 Å². The van der Waals surface area contributed by atoms with Crippen LogP contribution in [0.25, 0.3) is 10.9 Å². The summed E-state index contributed by atoms with van der Waals surface area (Å²) in [4.78, 5) is 6.13. The van der Waals surface area contributed by atoms with Gasteiger partial charge in [0.2, 0.25) is 6.79 Å². The van der Waals surface area contributed by atoms with Gasteiger partial charge in [-0.05, 0) is 57.5 Å². The standard InChI is InChI=1S/C26H30N2O2/c1-18-21-11-7-8-12-23(21)27-25(18)19-13-14-26(28(2)3,20-9-5-4-6-10-20)22(15-19)24-16-29-17-30-24/h4-12,16,19,22,27H,13-15,17H2,1-3H3. The van der Waals surface area contributed by atoms with Crippen LogP contribution in [0.15, 0.2) is 66.6 Å². The first-order valence-corrected chi connectivity index (χ1v) is 10.9. The molecule has 30 heavy (non-hydrogen) atoms. The zero-order valence-electron chi connectivity index (χ0n) is 18.0. The summed E-state index contributed by atoms with van der Waals surface area (Å²) in [5.41, 5.74) is 5.22. The summed E-state index contributed by atoms with van der Waals surface area (Å²) < 4.78 is 11.5. The molecule has 0 radical (unpaired) electrons. The maximum absolute atomic E-state index is 5.99. The number of nitrogens with zero attached hydrogens (tertiary/aromatic N) is 1. The average Bonchev–Trinajstić information content (AvgIpc) is 3.42. The van der Waals surface area contributed by atoms with Gasteiger partial charge in [-0.15, -0.1) is 0 Å². The lowest BCUT2D eigenvalue weighted by atomic mass is 9.63. The van der Waals surface area contributed by atoms with E-state index in [4.69, 9.17) is 9.47 Å². The van der Waals surface area contributed by atoms with Crippen molar-refractivity contribution in [2.75, 3.05) is 20.9 Å². The lowest BCUT2D eigenvalue weighted by Gasteiger charge is -2.51. The number of ether oxygens (including phenoxy) is 2. The fraction of sp³-hybridized carbons (Fsp3) is 0.385. The molecule has 4 heteroatoms. The van der Waals surface area contributed by atoms with Crippen LogP contribution in [0.3, 0.4) is 0 Å². The smallest absolute Gasteiger partial charge is 0.229 e. The Labute approximate surface area is 178 Å². The van der Waals surface area contributed by atoms with Crippen LogP contribution in [0.1, 0.15) is 42.0 Å². The number of hydrogen-bond donors (Lipinski definition) is 1. The fourth-order valence-corrected chi connectivity index (χ4v) is 5.79. The molecule has 1 fully saturated rings. The van der Waals surface area contributed by atoms with Gasteiger partial charge < -0.3 is 14.5 Å². The molecule has 4 nitrogen and oxygen atoms in total. The molecular formula is C26H30N2O2. The molecule has 1 aromatic heterocycles. The first kappa shape index (κ1) is 19.3. The van der Waals surface area contributed by atoms with Gasteiger partial charge in [0.25, 0.3) is 0 Å². The Kier molecular flexibility index (Phi) is 4.82. The number of nitrogens with one attached hydrogen (secondary N) is 1. The van der Waals surface area contributed by atoms with E-state index in [1.165, 1.54) is 27.7 Å².